The van der Waals surface area contributed by atoms with Gasteiger partial charge in [-0.25, -0.2) is 4.52 Å². The van der Waals surface area contributed by atoms with Crippen LogP contribution >= 0.6 is 0 Å². The molecule has 1 atom stereocenters. The predicted octanol–water partition coefficient (Wildman–Crippen LogP) is 3.98. The van der Waals surface area contributed by atoms with Crippen LogP contribution in [0.1, 0.15) is 65.0 Å². The molecule has 1 fully saturated rings. The van der Waals surface area contributed by atoms with Gasteiger partial charge in [-0.2, -0.15) is 5.10 Å². The Morgan fingerprint density at radius 1 is 1.38 bits per heavy atom. The number of nitrogens with one attached hydrogen (secondary N) is 1. The van der Waals surface area contributed by atoms with Gasteiger partial charge in [-0.3, -0.25) is 9.59 Å². The van der Waals surface area contributed by atoms with Crippen molar-refractivity contribution >= 4 is 11.3 Å². The van der Waals surface area contributed by atoms with Crippen molar-refractivity contribution in [1.82, 2.24) is 14.6 Å². The summed E-state index contributed by atoms with van der Waals surface area (Å²) in [5.74, 6) is 1.61. The number of H-pyrrole nitrogens is 1. The molecule has 3 aromatic rings. The number of pyridine rings is 1. The van der Waals surface area contributed by atoms with E-state index < -0.39 is 0 Å². The number of Topliss-reactive ketones (excluding diaryl/α,β-unsaturated/α-hetero) is 1. The van der Waals surface area contributed by atoms with Crippen LogP contribution < -0.4 is 10.3 Å². The molecular weight excluding hydrogens is 366 g/mol. The first-order valence-electron chi connectivity index (χ1n) is 10.2. The van der Waals surface area contributed by atoms with Gasteiger partial charge in [0, 0.05) is 35.5 Å². The van der Waals surface area contributed by atoms with Crippen LogP contribution in [0.4, 0.5) is 0 Å². The fourth-order valence-electron chi connectivity index (χ4n) is 4.41. The zero-order valence-corrected chi connectivity index (χ0v) is 17.4. The Labute approximate surface area is 169 Å². The van der Waals surface area contributed by atoms with E-state index in [9.17, 15) is 9.59 Å². The van der Waals surface area contributed by atoms with Gasteiger partial charge >= 0.3 is 0 Å². The second-order valence-corrected chi connectivity index (χ2v) is 8.08. The highest BCUT2D eigenvalue weighted by Gasteiger charge is 2.34. The largest absolute Gasteiger partial charge is 0.496 e. The number of aromatic amines is 1. The molecule has 1 unspecified atom stereocenters. The van der Waals surface area contributed by atoms with Gasteiger partial charge in [0.05, 0.1) is 18.2 Å². The molecular formula is C23H27N3O3. The molecule has 29 heavy (non-hydrogen) atoms. The maximum atomic E-state index is 13.3. The zero-order chi connectivity index (χ0) is 20.7. The average molecular weight is 393 g/mol. The number of fused-ring (bicyclic) bond motifs is 1. The number of methoxy groups -OCH3 is 1. The fourth-order valence-corrected chi connectivity index (χ4v) is 4.41. The predicted molar refractivity (Wildman–Crippen MR) is 112 cm³/mol. The summed E-state index contributed by atoms with van der Waals surface area (Å²) in [7, 11) is 1.54. The van der Waals surface area contributed by atoms with Crippen molar-refractivity contribution in [2.75, 3.05) is 7.11 Å². The molecule has 152 valence electrons. The van der Waals surface area contributed by atoms with Gasteiger partial charge in [-0.1, -0.05) is 6.92 Å². The van der Waals surface area contributed by atoms with Crippen LogP contribution in [0.15, 0.2) is 29.2 Å². The first kappa shape index (κ1) is 19.4. The Morgan fingerprint density at radius 2 is 2.14 bits per heavy atom. The first-order valence-corrected chi connectivity index (χ1v) is 10.2. The van der Waals surface area contributed by atoms with Gasteiger partial charge in [-0.15, -0.1) is 0 Å². The smallest absolute Gasteiger partial charge is 0.255 e. The number of aryl methyl sites for hydroxylation is 1. The van der Waals surface area contributed by atoms with E-state index in [0.717, 1.165) is 28.0 Å². The van der Waals surface area contributed by atoms with Gasteiger partial charge in [-0.05, 0) is 62.8 Å². The lowest BCUT2D eigenvalue weighted by Crippen LogP contribution is -2.16. The van der Waals surface area contributed by atoms with E-state index >= 15 is 0 Å². The molecule has 0 aromatic carbocycles. The molecule has 0 radical (unpaired) electrons. The Balaban J connectivity index is 1.68. The number of aromatic nitrogens is 3. The number of carbonyl (C=O) groups excluding carboxylic acids is 1. The minimum Gasteiger partial charge on any atom is -0.496 e. The van der Waals surface area contributed by atoms with E-state index in [-0.39, 0.29) is 17.8 Å². The summed E-state index contributed by atoms with van der Waals surface area (Å²) in [6.07, 6.45) is 4.82. The number of ketones is 1. The first-order chi connectivity index (χ1) is 13.9. The van der Waals surface area contributed by atoms with Gasteiger partial charge in [0.15, 0.2) is 5.78 Å². The van der Waals surface area contributed by atoms with Crippen LogP contribution in [-0.2, 0) is 6.42 Å². The maximum Gasteiger partial charge on any atom is 0.255 e. The zero-order valence-electron chi connectivity index (χ0n) is 17.4. The molecule has 3 heterocycles. The second-order valence-electron chi connectivity index (χ2n) is 8.08. The van der Waals surface area contributed by atoms with Crippen molar-refractivity contribution < 1.29 is 9.53 Å². The SMILES string of the molecule is COc1cc(C)[nH]c(=O)c1CCC(=O)c1c(C)c(C(C)C2CC2)n2ncccc12. The Hall–Kier alpha value is -2.89. The molecule has 0 aliphatic heterocycles. The van der Waals surface area contributed by atoms with Gasteiger partial charge in [0.2, 0.25) is 0 Å². The summed E-state index contributed by atoms with van der Waals surface area (Å²) in [4.78, 5) is 28.4. The number of nitrogens with zero attached hydrogens (tertiary/aromatic N) is 2. The molecule has 0 bridgehead atoms. The molecule has 0 saturated heterocycles. The second kappa shape index (κ2) is 7.50. The van der Waals surface area contributed by atoms with Crippen LogP contribution in [-0.4, -0.2) is 27.5 Å². The van der Waals surface area contributed by atoms with E-state index in [2.05, 4.69) is 17.0 Å². The molecule has 4 rings (SSSR count). The number of ether oxygens (including phenoxy) is 1. The summed E-state index contributed by atoms with van der Waals surface area (Å²) in [6, 6.07) is 5.61. The average Bonchev–Trinajstić information content (AvgIpc) is 3.49. The highest BCUT2D eigenvalue weighted by atomic mass is 16.5. The van der Waals surface area contributed by atoms with Gasteiger partial charge in [0.25, 0.3) is 5.56 Å². The maximum absolute atomic E-state index is 13.3. The molecule has 3 aromatic heterocycles. The molecule has 1 aliphatic rings. The van der Waals surface area contributed by atoms with Crippen molar-refractivity contribution in [3.63, 3.8) is 0 Å². The number of hydrogen-bond donors (Lipinski definition) is 1. The van der Waals surface area contributed by atoms with Crippen LogP contribution in [0, 0.1) is 19.8 Å². The van der Waals surface area contributed by atoms with E-state index in [1.165, 1.54) is 12.8 Å². The Bertz CT molecular complexity index is 1140. The van der Waals surface area contributed by atoms with Crippen molar-refractivity contribution in [3.05, 3.63) is 62.8 Å². The number of carbonyl (C=O) groups is 1. The highest BCUT2D eigenvalue weighted by molar-refractivity contribution is 6.04. The summed E-state index contributed by atoms with van der Waals surface area (Å²) < 4.78 is 7.30. The third kappa shape index (κ3) is 3.48. The minimum atomic E-state index is -0.196. The van der Waals surface area contributed by atoms with Crippen molar-refractivity contribution in [1.29, 1.82) is 0 Å². The highest BCUT2D eigenvalue weighted by Crippen LogP contribution is 2.44. The van der Waals surface area contributed by atoms with E-state index in [4.69, 9.17) is 4.74 Å². The van der Waals surface area contributed by atoms with Crippen LogP contribution in [0.2, 0.25) is 0 Å². The third-order valence-corrected chi connectivity index (χ3v) is 6.09. The summed E-state index contributed by atoms with van der Waals surface area (Å²) in [5.41, 5.74) is 4.77. The van der Waals surface area contributed by atoms with Crippen LogP contribution in [0.5, 0.6) is 5.75 Å². The summed E-state index contributed by atoms with van der Waals surface area (Å²) in [6.45, 7) is 6.06. The minimum absolute atomic E-state index is 0.0317. The summed E-state index contributed by atoms with van der Waals surface area (Å²) in [5, 5.41) is 4.54. The van der Waals surface area contributed by atoms with Crippen LogP contribution in [0.3, 0.4) is 0 Å². The quantitative estimate of drug-likeness (QED) is 0.616. The normalized spacial score (nSPS) is 14.9. The standard InChI is InChI=1S/C23H27N3O3/c1-13-12-20(29-4)17(23(28)25-13)9-10-19(27)21-15(3)22(14(2)16-7-8-16)26-18(21)6-5-11-24-26/h5-6,11-12,14,16H,7-10H2,1-4H3,(H,25,28). The van der Waals surface area contributed by atoms with Crippen LogP contribution in [0.25, 0.3) is 5.52 Å². The molecule has 1 saturated carbocycles. The lowest BCUT2D eigenvalue weighted by molar-refractivity contribution is 0.0983. The lowest BCUT2D eigenvalue weighted by atomic mass is 9.95. The number of hydrogen-bond acceptors (Lipinski definition) is 4. The van der Waals surface area contributed by atoms with Crippen molar-refractivity contribution in [3.8, 4) is 5.75 Å². The molecule has 0 amide bonds. The lowest BCUT2D eigenvalue weighted by Gasteiger charge is -2.11. The van der Waals surface area contributed by atoms with Gasteiger partial charge in [0.1, 0.15) is 5.75 Å². The third-order valence-electron chi connectivity index (χ3n) is 6.09. The van der Waals surface area contributed by atoms with E-state index in [1.54, 1.807) is 19.4 Å². The molecule has 0 spiro atoms. The van der Waals surface area contributed by atoms with Crippen molar-refractivity contribution in [2.24, 2.45) is 5.92 Å². The molecule has 1 N–H and O–H groups in total. The van der Waals surface area contributed by atoms with E-state index in [0.29, 0.717) is 29.6 Å². The molecule has 6 nitrogen and oxygen atoms in total. The number of rotatable bonds is 7. The Kier molecular flexibility index (Phi) is 5.03. The fraction of sp³-hybridized carbons (Fsp3) is 0.435. The summed E-state index contributed by atoms with van der Waals surface area (Å²) >= 11 is 0. The molecule has 6 heteroatoms. The topological polar surface area (TPSA) is 76.5 Å². The monoisotopic (exact) mass is 393 g/mol. The van der Waals surface area contributed by atoms with E-state index in [1.807, 2.05) is 30.5 Å². The Morgan fingerprint density at radius 3 is 2.83 bits per heavy atom. The van der Waals surface area contributed by atoms with Gasteiger partial charge < -0.3 is 9.72 Å². The van der Waals surface area contributed by atoms with Crippen molar-refractivity contribution in [2.45, 2.75) is 52.4 Å². The molecule has 1 aliphatic carbocycles.